The van der Waals surface area contributed by atoms with Crippen LogP contribution in [0.1, 0.15) is 0 Å². The van der Waals surface area contributed by atoms with Gasteiger partial charge >= 0.3 is 0 Å². The number of para-hydroxylation sites is 3. The molecule has 4 heterocycles. The van der Waals surface area contributed by atoms with Crippen LogP contribution in [0, 0.1) is 0 Å². The third-order valence-corrected chi connectivity index (χ3v) is 11.2. The van der Waals surface area contributed by atoms with Crippen molar-refractivity contribution in [2.75, 3.05) is 0 Å². The first-order valence-electron chi connectivity index (χ1n) is 19.1. The van der Waals surface area contributed by atoms with Crippen molar-refractivity contribution in [3.05, 3.63) is 188 Å². The van der Waals surface area contributed by atoms with E-state index in [1.54, 1.807) is 0 Å². The van der Waals surface area contributed by atoms with E-state index in [1.165, 1.54) is 0 Å². The van der Waals surface area contributed by atoms with Crippen LogP contribution in [-0.2, 0) is 0 Å². The smallest absolute Gasteiger partial charge is 0.238 e. The summed E-state index contributed by atoms with van der Waals surface area (Å²) in [5, 5.41) is 6.72. The van der Waals surface area contributed by atoms with Gasteiger partial charge in [-0.05, 0) is 35.4 Å². The molecule has 0 fully saturated rings. The van der Waals surface area contributed by atoms with Gasteiger partial charge in [0.2, 0.25) is 5.95 Å². The summed E-state index contributed by atoms with van der Waals surface area (Å²) in [6, 6.07) is 65.5. The van der Waals surface area contributed by atoms with E-state index < -0.39 is 0 Å². The Bertz CT molecular complexity index is 3450. The Labute approximate surface area is 326 Å². The molecule has 12 rings (SSSR count). The summed E-state index contributed by atoms with van der Waals surface area (Å²) in [5.41, 5.74) is 11.0. The number of aromatic nitrogens is 5. The first-order chi connectivity index (χ1) is 28.3. The Kier molecular flexibility index (Phi) is 6.83. The van der Waals surface area contributed by atoms with Crippen LogP contribution in [0.15, 0.2) is 192 Å². The molecular weight excluding hydrogens is 699 g/mol. The molecule has 0 N–H and O–H groups in total. The van der Waals surface area contributed by atoms with Gasteiger partial charge in [0.05, 0.1) is 27.8 Å². The van der Waals surface area contributed by atoms with Crippen molar-refractivity contribution >= 4 is 65.6 Å². The van der Waals surface area contributed by atoms with E-state index in [4.69, 9.17) is 19.4 Å². The molecule has 0 amide bonds. The maximum Gasteiger partial charge on any atom is 0.238 e. The molecule has 57 heavy (non-hydrogen) atoms. The van der Waals surface area contributed by atoms with Gasteiger partial charge < -0.3 is 8.98 Å². The van der Waals surface area contributed by atoms with Crippen LogP contribution in [0.3, 0.4) is 0 Å². The highest BCUT2D eigenvalue weighted by Crippen LogP contribution is 2.44. The third kappa shape index (κ3) is 4.81. The molecule has 0 atom stereocenters. The van der Waals surface area contributed by atoms with Crippen molar-refractivity contribution in [2.24, 2.45) is 0 Å². The van der Waals surface area contributed by atoms with Gasteiger partial charge in [0.1, 0.15) is 11.2 Å². The summed E-state index contributed by atoms with van der Waals surface area (Å²) in [5.74, 6) is 1.78. The highest BCUT2D eigenvalue weighted by Gasteiger charge is 2.24. The normalized spacial score (nSPS) is 11.9. The van der Waals surface area contributed by atoms with E-state index in [0.29, 0.717) is 17.6 Å². The minimum Gasteiger partial charge on any atom is -0.456 e. The van der Waals surface area contributed by atoms with Gasteiger partial charge in [-0.25, -0.2) is 4.98 Å². The summed E-state index contributed by atoms with van der Waals surface area (Å²) in [7, 11) is 0. The summed E-state index contributed by atoms with van der Waals surface area (Å²) in [4.78, 5) is 15.6. The molecule has 6 heteroatoms. The second kappa shape index (κ2) is 12.3. The number of rotatable bonds is 5. The molecule has 0 saturated carbocycles. The van der Waals surface area contributed by atoms with Gasteiger partial charge in [-0.15, -0.1) is 0 Å². The summed E-state index contributed by atoms with van der Waals surface area (Å²) in [6.07, 6.45) is 0. The average Bonchev–Trinajstić information content (AvgIpc) is 3.95. The molecule has 0 aliphatic carbocycles. The molecule has 0 bridgehead atoms. The van der Waals surface area contributed by atoms with Gasteiger partial charge in [0.15, 0.2) is 11.6 Å². The molecule has 6 nitrogen and oxygen atoms in total. The van der Waals surface area contributed by atoms with E-state index in [0.717, 1.165) is 93.5 Å². The summed E-state index contributed by atoms with van der Waals surface area (Å²) >= 11 is 0. The van der Waals surface area contributed by atoms with Crippen LogP contribution < -0.4 is 0 Å². The second-order valence-electron chi connectivity index (χ2n) is 14.4. The quantitative estimate of drug-likeness (QED) is 0.177. The van der Waals surface area contributed by atoms with Gasteiger partial charge in [-0.1, -0.05) is 158 Å². The van der Waals surface area contributed by atoms with Crippen molar-refractivity contribution in [1.82, 2.24) is 24.1 Å². The van der Waals surface area contributed by atoms with Crippen LogP contribution >= 0.6 is 0 Å². The number of benzene rings is 8. The van der Waals surface area contributed by atoms with Crippen LogP contribution in [-0.4, -0.2) is 24.1 Å². The van der Waals surface area contributed by atoms with Crippen molar-refractivity contribution in [3.63, 3.8) is 0 Å². The molecule has 0 aliphatic rings. The van der Waals surface area contributed by atoms with Crippen molar-refractivity contribution in [1.29, 1.82) is 0 Å². The monoisotopic (exact) mass is 729 g/mol. The Balaban J connectivity index is 1.25. The molecule has 0 saturated heterocycles. The molecule has 0 spiro atoms. The Morgan fingerprint density at radius 2 is 0.860 bits per heavy atom. The van der Waals surface area contributed by atoms with E-state index in [2.05, 4.69) is 124 Å². The largest absolute Gasteiger partial charge is 0.456 e. The topological polar surface area (TPSA) is 61.7 Å². The van der Waals surface area contributed by atoms with Gasteiger partial charge in [-0.3, -0.25) is 4.57 Å². The van der Waals surface area contributed by atoms with Crippen LogP contribution in [0.2, 0.25) is 0 Å². The fraction of sp³-hybridized carbons (Fsp3) is 0. The number of furan rings is 1. The highest BCUT2D eigenvalue weighted by molar-refractivity contribution is 6.24. The second-order valence-corrected chi connectivity index (χ2v) is 14.4. The number of hydrogen-bond acceptors (Lipinski definition) is 4. The first-order valence-corrected chi connectivity index (χ1v) is 19.1. The minimum absolute atomic E-state index is 0.552. The lowest BCUT2D eigenvalue weighted by Crippen LogP contribution is -2.07. The maximum atomic E-state index is 6.67. The summed E-state index contributed by atoms with van der Waals surface area (Å²) in [6.45, 7) is 0. The third-order valence-electron chi connectivity index (χ3n) is 11.2. The van der Waals surface area contributed by atoms with Crippen LogP contribution in [0.5, 0.6) is 0 Å². The van der Waals surface area contributed by atoms with Crippen LogP contribution in [0.25, 0.3) is 111 Å². The molecule has 0 aliphatic heterocycles. The molecular formula is C51H31N5O. The number of hydrogen-bond donors (Lipinski definition) is 0. The number of fused-ring (bicyclic) bond motifs is 10. The minimum atomic E-state index is 0.552. The van der Waals surface area contributed by atoms with E-state index in [-0.39, 0.29) is 0 Å². The molecule has 4 aromatic heterocycles. The fourth-order valence-corrected chi connectivity index (χ4v) is 8.69. The standard InChI is InChI=1S/C51H31N5O/c1-4-16-32(17-5-1)41-30-35(31-45-46(41)40-24-12-15-27-44(40)57-45)55-42-25-13-10-22-36(42)38-28-29-39-37-23-11-14-26-43(37)56(48(39)47(38)55)51-53-49(33-18-6-2-7-19-33)52-50(54-51)34-20-8-3-9-21-34/h1-31H. The zero-order valence-corrected chi connectivity index (χ0v) is 30.5. The predicted molar refractivity (Wildman–Crippen MR) is 232 cm³/mol. The molecule has 0 unspecified atom stereocenters. The highest BCUT2D eigenvalue weighted by atomic mass is 16.3. The van der Waals surface area contributed by atoms with Gasteiger partial charge in [-0.2, -0.15) is 9.97 Å². The SMILES string of the molecule is c1ccc(-c2nc(-c3ccccc3)nc(-n3c4ccccc4c4ccc5c6ccccc6n(-c6cc(-c7ccccc7)c7c(c6)oc6ccccc67)c5c43)n2)cc1. The Morgan fingerprint density at radius 3 is 1.47 bits per heavy atom. The molecule has 8 aromatic carbocycles. The van der Waals surface area contributed by atoms with Crippen molar-refractivity contribution < 1.29 is 4.42 Å². The van der Waals surface area contributed by atoms with Gasteiger partial charge in [0.25, 0.3) is 0 Å². The maximum absolute atomic E-state index is 6.67. The lowest BCUT2D eigenvalue weighted by atomic mass is 9.98. The summed E-state index contributed by atoms with van der Waals surface area (Å²) < 4.78 is 11.3. The zero-order chi connectivity index (χ0) is 37.5. The van der Waals surface area contributed by atoms with E-state index in [1.807, 2.05) is 72.8 Å². The Hall–Kier alpha value is -7.83. The lowest BCUT2D eigenvalue weighted by molar-refractivity contribution is 0.668. The van der Waals surface area contributed by atoms with Gasteiger partial charge in [0, 0.05) is 49.5 Å². The molecule has 12 aromatic rings. The van der Waals surface area contributed by atoms with Crippen molar-refractivity contribution in [3.8, 4) is 45.5 Å². The van der Waals surface area contributed by atoms with E-state index in [9.17, 15) is 0 Å². The van der Waals surface area contributed by atoms with E-state index >= 15 is 0 Å². The number of nitrogens with zero attached hydrogens (tertiary/aromatic N) is 5. The fourth-order valence-electron chi connectivity index (χ4n) is 8.69. The average molecular weight is 730 g/mol. The Morgan fingerprint density at radius 1 is 0.368 bits per heavy atom. The molecule has 266 valence electrons. The molecule has 0 radical (unpaired) electrons. The zero-order valence-electron chi connectivity index (χ0n) is 30.5. The van der Waals surface area contributed by atoms with Crippen LogP contribution in [0.4, 0.5) is 0 Å². The first kappa shape index (κ1) is 31.5. The lowest BCUT2D eigenvalue weighted by Gasteiger charge is -2.14. The van der Waals surface area contributed by atoms with Crippen molar-refractivity contribution in [2.45, 2.75) is 0 Å². The predicted octanol–water partition coefficient (Wildman–Crippen LogP) is 13.0.